The molecule has 2 amide bonds. The summed E-state index contributed by atoms with van der Waals surface area (Å²) in [5.41, 5.74) is 0. The van der Waals surface area contributed by atoms with Crippen molar-refractivity contribution in [2.24, 2.45) is 0 Å². The Kier molecular flexibility index (Phi) is 6.52. The first-order chi connectivity index (χ1) is 10.7. The summed E-state index contributed by atoms with van der Waals surface area (Å²) in [4.78, 5) is 16.0. The number of benzene rings is 1. The molecule has 1 saturated heterocycles. The number of amides is 2. The van der Waals surface area contributed by atoms with Crippen molar-refractivity contribution in [3.8, 4) is 5.75 Å². The quantitative estimate of drug-likeness (QED) is 0.759. The molecule has 0 atom stereocenters. The molecular formula is C17H26N2O3. The van der Waals surface area contributed by atoms with Crippen molar-refractivity contribution >= 4 is 6.03 Å². The van der Waals surface area contributed by atoms with E-state index in [0.717, 1.165) is 38.2 Å². The minimum absolute atomic E-state index is 0.0756. The van der Waals surface area contributed by atoms with E-state index < -0.39 is 0 Å². The molecule has 1 fully saturated rings. The molecule has 0 bridgehead atoms. The summed E-state index contributed by atoms with van der Waals surface area (Å²) in [6, 6.07) is 10.1. The second kappa shape index (κ2) is 8.63. The molecule has 22 heavy (non-hydrogen) atoms. The second-order valence-corrected chi connectivity index (χ2v) is 5.73. The molecule has 0 unspecified atom stereocenters. The van der Waals surface area contributed by atoms with Crippen molar-refractivity contribution in [1.29, 1.82) is 0 Å². The van der Waals surface area contributed by atoms with Gasteiger partial charge in [-0.1, -0.05) is 18.2 Å². The van der Waals surface area contributed by atoms with Crippen LogP contribution in [0.2, 0.25) is 0 Å². The Morgan fingerprint density at radius 2 is 1.91 bits per heavy atom. The number of hydrogen-bond donors (Lipinski definition) is 0. The lowest BCUT2D eigenvalue weighted by molar-refractivity contribution is 0.0401. The number of rotatable bonds is 6. The highest BCUT2D eigenvalue weighted by Crippen LogP contribution is 2.16. The molecule has 0 aliphatic carbocycles. The van der Waals surface area contributed by atoms with Gasteiger partial charge in [0.25, 0.3) is 0 Å². The van der Waals surface area contributed by atoms with Gasteiger partial charge in [0.05, 0.1) is 6.61 Å². The summed E-state index contributed by atoms with van der Waals surface area (Å²) >= 11 is 0. The molecule has 0 saturated carbocycles. The molecule has 1 aromatic rings. The van der Waals surface area contributed by atoms with E-state index in [4.69, 9.17) is 9.47 Å². The van der Waals surface area contributed by atoms with Gasteiger partial charge in [0.15, 0.2) is 0 Å². The van der Waals surface area contributed by atoms with Crippen LogP contribution in [0, 0.1) is 0 Å². The fourth-order valence-corrected chi connectivity index (χ4v) is 2.63. The van der Waals surface area contributed by atoms with Crippen LogP contribution in [0.15, 0.2) is 30.3 Å². The predicted octanol–water partition coefficient (Wildman–Crippen LogP) is 2.62. The van der Waals surface area contributed by atoms with Gasteiger partial charge in [0, 0.05) is 39.9 Å². The van der Waals surface area contributed by atoms with Crippen LogP contribution >= 0.6 is 0 Å². The Hall–Kier alpha value is -1.75. The van der Waals surface area contributed by atoms with Crippen LogP contribution in [0.3, 0.4) is 0 Å². The molecule has 5 nitrogen and oxygen atoms in total. The number of ether oxygens (including phenoxy) is 2. The van der Waals surface area contributed by atoms with Gasteiger partial charge in [-0.2, -0.15) is 0 Å². The lowest BCUT2D eigenvalue weighted by Gasteiger charge is -2.36. The van der Waals surface area contributed by atoms with Gasteiger partial charge in [-0.15, -0.1) is 0 Å². The molecule has 0 aromatic heterocycles. The summed E-state index contributed by atoms with van der Waals surface area (Å²) in [6.45, 7) is 2.81. The van der Waals surface area contributed by atoms with Gasteiger partial charge < -0.3 is 19.3 Å². The Labute approximate surface area is 132 Å². The number of urea groups is 1. The van der Waals surface area contributed by atoms with E-state index in [1.54, 1.807) is 19.0 Å². The molecule has 2 rings (SSSR count). The molecule has 1 heterocycles. The van der Waals surface area contributed by atoms with Crippen molar-refractivity contribution in [3.05, 3.63) is 30.3 Å². The highest BCUT2D eigenvalue weighted by atomic mass is 16.5. The summed E-state index contributed by atoms with van der Waals surface area (Å²) in [5.74, 6) is 0.874. The first-order valence-electron chi connectivity index (χ1n) is 7.92. The van der Waals surface area contributed by atoms with Crippen LogP contribution in [0.1, 0.15) is 19.3 Å². The molecule has 1 aliphatic rings. The van der Waals surface area contributed by atoms with Crippen LogP contribution in [0.5, 0.6) is 5.75 Å². The van der Waals surface area contributed by atoms with E-state index in [-0.39, 0.29) is 12.1 Å². The standard InChI is InChI=1S/C17H26N2O3/c1-18(2)17(20)19(15-9-13-21-14-10-15)11-6-12-22-16-7-4-3-5-8-16/h3-5,7-8,15H,6,9-14H2,1-2H3. The van der Waals surface area contributed by atoms with Crippen LogP contribution in [0.4, 0.5) is 4.79 Å². The minimum atomic E-state index is 0.0756. The highest BCUT2D eigenvalue weighted by molar-refractivity contribution is 5.74. The molecule has 0 spiro atoms. The van der Waals surface area contributed by atoms with Crippen molar-refractivity contribution < 1.29 is 14.3 Å². The van der Waals surface area contributed by atoms with Gasteiger partial charge in [0.2, 0.25) is 0 Å². The largest absolute Gasteiger partial charge is 0.494 e. The molecule has 5 heteroatoms. The van der Waals surface area contributed by atoms with Crippen LogP contribution in [0.25, 0.3) is 0 Å². The molecular weight excluding hydrogens is 280 g/mol. The third kappa shape index (κ3) is 4.91. The minimum Gasteiger partial charge on any atom is -0.494 e. The van der Waals surface area contributed by atoms with Crippen molar-refractivity contribution in [1.82, 2.24) is 9.80 Å². The number of nitrogens with zero attached hydrogens (tertiary/aromatic N) is 2. The lowest BCUT2D eigenvalue weighted by atomic mass is 10.1. The lowest BCUT2D eigenvalue weighted by Crippen LogP contribution is -2.48. The van der Waals surface area contributed by atoms with E-state index >= 15 is 0 Å². The molecule has 0 N–H and O–H groups in total. The molecule has 1 aliphatic heterocycles. The zero-order chi connectivity index (χ0) is 15.8. The summed E-state index contributed by atoms with van der Waals surface area (Å²) < 4.78 is 11.1. The van der Waals surface area contributed by atoms with E-state index in [1.807, 2.05) is 35.2 Å². The number of hydrogen-bond acceptors (Lipinski definition) is 3. The Balaban J connectivity index is 1.82. The number of carbonyl (C=O) groups excluding carboxylic acids is 1. The average molecular weight is 306 g/mol. The summed E-state index contributed by atoms with van der Waals surface area (Å²) in [7, 11) is 3.60. The highest BCUT2D eigenvalue weighted by Gasteiger charge is 2.26. The Morgan fingerprint density at radius 3 is 2.55 bits per heavy atom. The Bertz CT molecular complexity index is 444. The fourth-order valence-electron chi connectivity index (χ4n) is 2.63. The first-order valence-corrected chi connectivity index (χ1v) is 7.92. The van der Waals surface area contributed by atoms with E-state index in [0.29, 0.717) is 13.2 Å². The SMILES string of the molecule is CN(C)C(=O)N(CCCOc1ccccc1)C1CCOCC1. The smallest absolute Gasteiger partial charge is 0.319 e. The number of para-hydroxylation sites is 1. The third-order valence-corrected chi connectivity index (χ3v) is 3.82. The van der Waals surface area contributed by atoms with Gasteiger partial charge in [-0.25, -0.2) is 4.79 Å². The zero-order valence-corrected chi connectivity index (χ0v) is 13.5. The van der Waals surface area contributed by atoms with Crippen molar-refractivity contribution in [2.45, 2.75) is 25.3 Å². The predicted molar refractivity (Wildman–Crippen MR) is 86.2 cm³/mol. The van der Waals surface area contributed by atoms with E-state index in [1.165, 1.54) is 0 Å². The van der Waals surface area contributed by atoms with Crippen LogP contribution in [-0.2, 0) is 4.74 Å². The molecule has 122 valence electrons. The van der Waals surface area contributed by atoms with Crippen LogP contribution in [-0.4, -0.2) is 62.3 Å². The normalized spacial score (nSPS) is 15.4. The van der Waals surface area contributed by atoms with E-state index in [2.05, 4.69) is 0 Å². The molecule has 1 aromatic carbocycles. The topological polar surface area (TPSA) is 42.0 Å². The second-order valence-electron chi connectivity index (χ2n) is 5.73. The third-order valence-electron chi connectivity index (χ3n) is 3.82. The Morgan fingerprint density at radius 1 is 1.23 bits per heavy atom. The van der Waals surface area contributed by atoms with Gasteiger partial charge in [-0.3, -0.25) is 0 Å². The summed E-state index contributed by atoms with van der Waals surface area (Å²) in [5, 5.41) is 0. The van der Waals surface area contributed by atoms with Crippen molar-refractivity contribution in [2.75, 3.05) is 40.5 Å². The number of carbonyl (C=O) groups is 1. The maximum atomic E-state index is 12.4. The average Bonchev–Trinajstić information content (AvgIpc) is 2.56. The first kappa shape index (κ1) is 16.6. The van der Waals surface area contributed by atoms with E-state index in [9.17, 15) is 4.79 Å². The van der Waals surface area contributed by atoms with Gasteiger partial charge in [-0.05, 0) is 31.4 Å². The summed E-state index contributed by atoms with van der Waals surface area (Å²) in [6.07, 6.45) is 2.66. The fraction of sp³-hybridized carbons (Fsp3) is 0.588. The van der Waals surface area contributed by atoms with Gasteiger partial charge in [0.1, 0.15) is 5.75 Å². The van der Waals surface area contributed by atoms with Gasteiger partial charge >= 0.3 is 6.03 Å². The maximum Gasteiger partial charge on any atom is 0.319 e. The van der Waals surface area contributed by atoms with Crippen molar-refractivity contribution in [3.63, 3.8) is 0 Å². The zero-order valence-electron chi connectivity index (χ0n) is 13.5. The monoisotopic (exact) mass is 306 g/mol. The molecule has 0 radical (unpaired) electrons. The van der Waals surface area contributed by atoms with Crippen LogP contribution < -0.4 is 4.74 Å². The maximum absolute atomic E-state index is 12.4.